The molecule has 0 aromatic heterocycles. The predicted octanol–water partition coefficient (Wildman–Crippen LogP) is 0.817. The molecular weight excluding hydrogens is 150 g/mol. The third kappa shape index (κ3) is 5.11. The summed E-state index contributed by atoms with van der Waals surface area (Å²) in [5.41, 5.74) is 5.51. The maximum Gasteiger partial charge on any atom is 0.0635 e. The molecule has 12 heavy (non-hydrogen) atoms. The zero-order chi connectivity index (χ0) is 9.40. The minimum atomic E-state index is 0.531. The molecule has 3 heteroatoms. The highest BCUT2D eigenvalue weighted by Gasteiger charge is 2.05. The Bertz CT molecular complexity index is 139. The van der Waals surface area contributed by atoms with Gasteiger partial charge in [0.2, 0.25) is 0 Å². The lowest BCUT2D eigenvalue weighted by molar-refractivity contribution is 0.256. The van der Waals surface area contributed by atoms with Crippen molar-refractivity contribution in [2.45, 2.75) is 20.3 Å². The van der Waals surface area contributed by atoms with Crippen molar-refractivity contribution in [2.24, 2.45) is 11.7 Å². The van der Waals surface area contributed by atoms with Crippen LogP contribution in [0.25, 0.3) is 0 Å². The second-order valence-corrected chi connectivity index (χ2v) is 3.14. The molecule has 70 valence electrons. The average Bonchev–Trinajstić information content (AvgIpc) is 2.11. The minimum Gasteiger partial charge on any atom is -0.330 e. The normalized spacial score (nSPS) is 12.9. The summed E-state index contributed by atoms with van der Waals surface area (Å²) in [6.07, 6.45) is 0.616. The van der Waals surface area contributed by atoms with Gasteiger partial charge in [-0.2, -0.15) is 5.26 Å². The van der Waals surface area contributed by atoms with E-state index in [9.17, 15) is 0 Å². The summed E-state index contributed by atoms with van der Waals surface area (Å²) in [5.74, 6) is 0.531. The molecular formula is C9H19N3. The van der Waals surface area contributed by atoms with Gasteiger partial charge in [0.15, 0.2) is 0 Å². The molecule has 0 saturated heterocycles. The molecule has 0 saturated carbocycles. The number of nitriles is 1. The van der Waals surface area contributed by atoms with Crippen molar-refractivity contribution in [3.05, 3.63) is 0 Å². The van der Waals surface area contributed by atoms with Crippen LogP contribution in [-0.2, 0) is 0 Å². The van der Waals surface area contributed by atoms with E-state index in [0.29, 0.717) is 12.3 Å². The first-order valence-electron chi connectivity index (χ1n) is 4.54. The third-order valence-corrected chi connectivity index (χ3v) is 1.96. The summed E-state index contributed by atoms with van der Waals surface area (Å²) in [6.45, 7) is 7.86. The van der Waals surface area contributed by atoms with E-state index >= 15 is 0 Å². The Morgan fingerprint density at radius 1 is 1.58 bits per heavy atom. The molecule has 0 bridgehead atoms. The van der Waals surface area contributed by atoms with Crippen molar-refractivity contribution in [2.75, 3.05) is 26.2 Å². The number of nitrogens with two attached hydrogens (primary N) is 1. The highest BCUT2D eigenvalue weighted by Crippen LogP contribution is 1.98. The van der Waals surface area contributed by atoms with Gasteiger partial charge in [0.1, 0.15) is 0 Å². The maximum absolute atomic E-state index is 8.40. The van der Waals surface area contributed by atoms with Gasteiger partial charge >= 0.3 is 0 Å². The molecule has 0 amide bonds. The summed E-state index contributed by atoms with van der Waals surface area (Å²) in [7, 11) is 0. The van der Waals surface area contributed by atoms with E-state index in [1.54, 1.807) is 0 Å². The van der Waals surface area contributed by atoms with Gasteiger partial charge < -0.3 is 10.6 Å². The predicted molar refractivity (Wildman–Crippen MR) is 50.6 cm³/mol. The average molecular weight is 169 g/mol. The Balaban J connectivity index is 3.60. The highest BCUT2D eigenvalue weighted by molar-refractivity contribution is 4.72. The summed E-state index contributed by atoms with van der Waals surface area (Å²) >= 11 is 0. The van der Waals surface area contributed by atoms with Crippen molar-refractivity contribution in [3.8, 4) is 6.07 Å². The summed E-state index contributed by atoms with van der Waals surface area (Å²) in [6, 6.07) is 2.15. The lowest BCUT2D eigenvalue weighted by Crippen LogP contribution is -2.32. The SMILES string of the molecule is CCN(CCC#N)CC(C)CN. The second-order valence-electron chi connectivity index (χ2n) is 3.14. The van der Waals surface area contributed by atoms with Gasteiger partial charge in [-0.3, -0.25) is 0 Å². The molecule has 0 aliphatic heterocycles. The fourth-order valence-corrected chi connectivity index (χ4v) is 1.10. The van der Waals surface area contributed by atoms with Crippen molar-refractivity contribution < 1.29 is 0 Å². The van der Waals surface area contributed by atoms with Gasteiger partial charge in [0, 0.05) is 19.5 Å². The topological polar surface area (TPSA) is 53.0 Å². The standard InChI is InChI=1S/C9H19N3/c1-3-12(6-4-5-10)8-9(2)7-11/h9H,3-4,6-8,11H2,1-2H3. The van der Waals surface area contributed by atoms with E-state index in [0.717, 1.165) is 26.2 Å². The summed E-state index contributed by atoms with van der Waals surface area (Å²) in [4.78, 5) is 2.26. The Labute approximate surface area is 75.2 Å². The first-order valence-corrected chi connectivity index (χ1v) is 4.54. The van der Waals surface area contributed by atoms with Crippen molar-refractivity contribution >= 4 is 0 Å². The Kier molecular flexibility index (Phi) is 6.73. The van der Waals surface area contributed by atoms with Gasteiger partial charge in [0.05, 0.1) is 6.07 Å². The van der Waals surface area contributed by atoms with Crippen LogP contribution in [0.1, 0.15) is 20.3 Å². The molecule has 0 aliphatic carbocycles. The zero-order valence-corrected chi connectivity index (χ0v) is 8.08. The van der Waals surface area contributed by atoms with Crippen molar-refractivity contribution in [1.29, 1.82) is 5.26 Å². The molecule has 2 N–H and O–H groups in total. The highest BCUT2D eigenvalue weighted by atomic mass is 15.1. The van der Waals surface area contributed by atoms with Crippen LogP contribution in [-0.4, -0.2) is 31.1 Å². The number of hydrogen-bond donors (Lipinski definition) is 1. The van der Waals surface area contributed by atoms with Crippen LogP contribution in [0.3, 0.4) is 0 Å². The van der Waals surface area contributed by atoms with Gasteiger partial charge in [0.25, 0.3) is 0 Å². The van der Waals surface area contributed by atoms with Gasteiger partial charge in [-0.25, -0.2) is 0 Å². The molecule has 0 radical (unpaired) electrons. The van der Waals surface area contributed by atoms with Crippen LogP contribution < -0.4 is 5.73 Å². The molecule has 0 rings (SSSR count). The quantitative estimate of drug-likeness (QED) is 0.640. The number of rotatable bonds is 6. The molecule has 0 spiro atoms. The monoisotopic (exact) mass is 169 g/mol. The molecule has 1 unspecified atom stereocenters. The fraction of sp³-hybridized carbons (Fsp3) is 0.889. The van der Waals surface area contributed by atoms with E-state index in [2.05, 4.69) is 24.8 Å². The van der Waals surface area contributed by atoms with Crippen LogP contribution in [0.4, 0.5) is 0 Å². The van der Waals surface area contributed by atoms with Gasteiger partial charge in [-0.05, 0) is 19.0 Å². The second kappa shape index (κ2) is 7.08. The number of hydrogen-bond acceptors (Lipinski definition) is 3. The minimum absolute atomic E-state index is 0.531. The summed E-state index contributed by atoms with van der Waals surface area (Å²) in [5, 5.41) is 8.40. The molecule has 0 fully saturated rings. The van der Waals surface area contributed by atoms with Crippen molar-refractivity contribution in [1.82, 2.24) is 4.90 Å². The van der Waals surface area contributed by atoms with Gasteiger partial charge in [-0.15, -0.1) is 0 Å². The Morgan fingerprint density at radius 3 is 2.67 bits per heavy atom. The van der Waals surface area contributed by atoms with E-state index < -0.39 is 0 Å². The van der Waals surface area contributed by atoms with Crippen LogP contribution in [0.15, 0.2) is 0 Å². The fourth-order valence-electron chi connectivity index (χ4n) is 1.10. The molecule has 0 heterocycles. The lowest BCUT2D eigenvalue weighted by atomic mass is 10.1. The number of nitrogens with zero attached hydrogens (tertiary/aromatic N) is 2. The molecule has 0 aromatic rings. The molecule has 1 atom stereocenters. The largest absolute Gasteiger partial charge is 0.330 e. The van der Waals surface area contributed by atoms with Crippen LogP contribution in [0.5, 0.6) is 0 Å². The first kappa shape index (κ1) is 11.4. The van der Waals surface area contributed by atoms with E-state index in [4.69, 9.17) is 11.0 Å². The van der Waals surface area contributed by atoms with Gasteiger partial charge in [-0.1, -0.05) is 13.8 Å². The van der Waals surface area contributed by atoms with E-state index in [1.165, 1.54) is 0 Å². The van der Waals surface area contributed by atoms with Crippen LogP contribution in [0.2, 0.25) is 0 Å². The van der Waals surface area contributed by atoms with E-state index in [1.807, 2.05) is 0 Å². The lowest BCUT2D eigenvalue weighted by Gasteiger charge is -2.22. The summed E-state index contributed by atoms with van der Waals surface area (Å²) < 4.78 is 0. The van der Waals surface area contributed by atoms with Crippen molar-refractivity contribution in [3.63, 3.8) is 0 Å². The third-order valence-electron chi connectivity index (χ3n) is 1.96. The Morgan fingerprint density at radius 2 is 2.25 bits per heavy atom. The Hall–Kier alpha value is -0.590. The zero-order valence-electron chi connectivity index (χ0n) is 8.08. The first-order chi connectivity index (χ1) is 5.74. The maximum atomic E-state index is 8.40. The van der Waals surface area contributed by atoms with Crippen LogP contribution in [0, 0.1) is 17.2 Å². The van der Waals surface area contributed by atoms with Crippen LogP contribution >= 0.6 is 0 Å². The van der Waals surface area contributed by atoms with E-state index in [-0.39, 0.29) is 0 Å². The molecule has 0 aromatic carbocycles. The molecule has 3 nitrogen and oxygen atoms in total. The molecule has 0 aliphatic rings. The smallest absolute Gasteiger partial charge is 0.0635 e.